The van der Waals surface area contributed by atoms with E-state index >= 15 is 0 Å². The third kappa shape index (κ3) is 4.24. The lowest BCUT2D eigenvalue weighted by Crippen LogP contribution is -2.42. The molecule has 1 saturated heterocycles. The van der Waals surface area contributed by atoms with Gasteiger partial charge in [-0.2, -0.15) is 0 Å². The summed E-state index contributed by atoms with van der Waals surface area (Å²) in [6, 6.07) is 0. The first-order chi connectivity index (χ1) is 8.56. The second-order valence-electron chi connectivity index (χ2n) is 7.27. The molecule has 0 spiro atoms. The molecular weight excluding hydrogens is 222 g/mol. The zero-order valence-electron chi connectivity index (χ0n) is 12.5. The first kappa shape index (κ1) is 14.3. The molecule has 0 amide bonds. The van der Waals surface area contributed by atoms with Gasteiger partial charge in [0.25, 0.3) is 0 Å². The van der Waals surface area contributed by atoms with E-state index in [0.717, 1.165) is 25.0 Å². The van der Waals surface area contributed by atoms with Crippen molar-refractivity contribution in [2.45, 2.75) is 77.4 Å². The van der Waals surface area contributed by atoms with Crippen molar-refractivity contribution in [2.24, 2.45) is 11.8 Å². The Balaban J connectivity index is 1.85. The Morgan fingerprint density at radius 3 is 2.28 bits per heavy atom. The summed E-state index contributed by atoms with van der Waals surface area (Å²) in [6.45, 7) is 8.87. The van der Waals surface area contributed by atoms with Crippen molar-refractivity contribution < 1.29 is 4.74 Å². The fourth-order valence-corrected chi connectivity index (χ4v) is 3.47. The third-order valence-corrected chi connectivity index (χ3v) is 4.52. The lowest BCUT2D eigenvalue weighted by molar-refractivity contribution is 0.0343. The van der Waals surface area contributed by atoms with Crippen molar-refractivity contribution in [3.63, 3.8) is 0 Å². The average molecular weight is 253 g/mol. The molecule has 1 heterocycles. The van der Waals surface area contributed by atoms with Gasteiger partial charge in [0, 0.05) is 24.6 Å². The van der Waals surface area contributed by atoms with Crippen LogP contribution in [0.1, 0.15) is 65.7 Å². The largest absolute Gasteiger partial charge is 0.378 e. The molecule has 2 nitrogen and oxygen atoms in total. The van der Waals surface area contributed by atoms with Crippen LogP contribution in [0.15, 0.2) is 0 Å². The van der Waals surface area contributed by atoms with Crippen LogP contribution < -0.4 is 5.32 Å². The van der Waals surface area contributed by atoms with E-state index in [1.807, 2.05) is 0 Å². The predicted octanol–water partition coefficient (Wildman–Crippen LogP) is 3.75. The summed E-state index contributed by atoms with van der Waals surface area (Å²) >= 11 is 0. The van der Waals surface area contributed by atoms with Crippen molar-refractivity contribution in [3.8, 4) is 0 Å². The van der Waals surface area contributed by atoms with E-state index in [1.54, 1.807) is 0 Å². The van der Waals surface area contributed by atoms with Gasteiger partial charge >= 0.3 is 0 Å². The Bertz CT molecular complexity index is 238. The summed E-state index contributed by atoms with van der Waals surface area (Å²) in [5, 5.41) is 3.67. The first-order valence-electron chi connectivity index (χ1n) is 7.93. The van der Waals surface area contributed by atoms with Crippen LogP contribution in [-0.4, -0.2) is 24.8 Å². The minimum atomic E-state index is 0.233. The van der Waals surface area contributed by atoms with Gasteiger partial charge in [-0.05, 0) is 46.0 Å². The zero-order chi connectivity index (χ0) is 13.0. The molecule has 2 aliphatic rings. The highest BCUT2D eigenvalue weighted by atomic mass is 16.5. The second kappa shape index (κ2) is 6.38. The maximum atomic E-state index is 6.09. The van der Waals surface area contributed by atoms with Crippen LogP contribution in [0.5, 0.6) is 0 Å². The molecule has 2 heteroatoms. The summed E-state index contributed by atoms with van der Waals surface area (Å²) in [7, 11) is 0. The summed E-state index contributed by atoms with van der Waals surface area (Å²) < 4.78 is 6.09. The van der Waals surface area contributed by atoms with E-state index in [0.29, 0.717) is 6.10 Å². The van der Waals surface area contributed by atoms with Gasteiger partial charge in [0.05, 0.1) is 6.10 Å². The molecule has 2 rings (SSSR count). The third-order valence-electron chi connectivity index (χ3n) is 4.52. The molecule has 0 radical (unpaired) electrons. The van der Waals surface area contributed by atoms with Crippen LogP contribution in [-0.2, 0) is 4.74 Å². The van der Waals surface area contributed by atoms with Crippen LogP contribution in [0.25, 0.3) is 0 Å². The van der Waals surface area contributed by atoms with E-state index in [4.69, 9.17) is 4.74 Å². The fourth-order valence-electron chi connectivity index (χ4n) is 3.47. The van der Waals surface area contributed by atoms with E-state index < -0.39 is 0 Å². The number of nitrogens with one attached hydrogen (secondary N) is 1. The molecule has 0 aromatic carbocycles. The Hall–Kier alpha value is -0.0800. The van der Waals surface area contributed by atoms with Gasteiger partial charge in [0.1, 0.15) is 0 Å². The minimum Gasteiger partial charge on any atom is -0.378 e. The average Bonchev–Trinajstić information content (AvgIpc) is 2.59. The molecule has 18 heavy (non-hydrogen) atoms. The number of hydrogen-bond donors (Lipinski definition) is 1. The van der Waals surface area contributed by atoms with Gasteiger partial charge < -0.3 is 10.1 Å². The molecule has 1 N–H and O–H groups in total. The van der Waals surface area contributed by atoms with Crippen molar-refractivity contribution in [1.82, 2.24) is 5.32 Å². The monoisotopic (exact) mass is 253 g/mol. The Morgan fingerprint density at radius 1 is 1.00 bits per heavy atom. The van der Waals surface area contributed by atoms with Crippen LogP contribution in [0, 0.1) is 11.8 Å². The maximum absolute atomic E-state index is 6.09. The lowest BCUT2D eigenvalue weighted by Gasteiger charge is -2.30. The molecule has 106 valence electrons. The van der Waals surface area contributed by atoms with E-state index in [1.165, 1.54) is 44.9 Å². The Morgan fingerprint density at radius 2 is 1.67 bits per heavy atom. The highest BCUT2D eigenvalue weighted by Crippen LogP contribution is 2.35. The lowest BCUT2D eigenvalue weighted by atomic mass is 9.85. The number of ether oxygens (including phenoxy) is 1. The SMILES string of the molecule is CC(C)(C)NCC1CCOC1C1CCCCCC1. The van der Waals surface area contributed by atoms with Gasteiger partial charge in [-0.25, -0.2) is 0 Å². The Labute approximate surface area is 113 Å². The molecule has 1 aliphatic heterocycles. The predicted molar refractivity (Wildman–Crippen MR) is 76.8 cm³/mol. The molecule has 0 bridgehead atoms. The van der Waals surface area contributed by atoms with Gasteiger partial charge in [-0.3, -0.25) is 0 Å². The quantitative estimate of drug-likeness (QED) is 0.773. The van der Waals surface area contributed by atoms with Gasteiger partial charge in [0.15, 0.2) is 0 Å². The molecule has 2 fully saturated rings. The highest BCUT2D eigenvalue weighted by molar-refractivity contribution is 4.86. The molecular formula is C16H31NO. The minimum absolute atomic E-state index is 0.233. The molecule has 0 aromatic rings. The second-order valence-corrected chi connectivity index (χ2v) is 7.27. The molecule has 1 saturated carbocycles. The number of hydrogen-bond acceptors (Lipinski definition) is 2. The molecule has 2 unspecified atom stereocenters. The fraction of sp³-hybridized carbons (Fsp3) is 1.00. The first-order valence-corrected chi connectivity index (χ1v) is 7.93. The van der Waals surface area contributed by atoms with Gasteiger partial charge in [-0.1, -0.05) is 25.7 Å². The summed E-state index contributed by atoms with van der Waals surface area (Å²) in [5.74, 6) is 1.58. The molecule has 0 aromatic heterocycles. The van der Waals surface area contributed by atoms with Crippen LogP contribution >= 0.6 is 0 Å². The smallest absolute Gasteiger partial charge is 0.0644 e. The van der Waals surface area contributed by atoms with Crippen molar-refractivity contribution in [1.29, 1.82) is 0 Å². The van der Waals surface area contributed by atoms with Crippen LogP contribution in [0.2, 0.25) is 0 Å². The van der Waals surface area contributed by atoms with Crippen molar-refractivity contribution in [3.05, 3.63) is 0 Å². The van der Waals surface area contributed by atoms with Crippen LogP contribution in [0.4, 0.5) is 0 Å². The number of rotatable bonds is 3. The molecule has 2 atom stereocenters. The topological polar surface area (TPSA) is 21.3 Å². The van der Waals surface area contributed by atoms with Crippen molar-refractivity contribution >= 4 is 0 Å². The standard InChI is InChI=1S/C16H31NO/c1-16(2,3)17-12-14-10-11-18-15(14)13-8-6-4-5-7-9-13/h13-15,17H,4-12H2,1-3H3. The zero-order valence-corrected chi connectivity index (χ0v) is 12.5. The van der Waals surface area contributed by atoms with E-state index in [9.17, 15) is 0 Å². The van der Waals surface area contributed by atoms with Gasteiger partial charge in [-0.15, -0.1) is 0 Å². The van der Waals surface area contributed by atoms with Gasteiger partial charge in [0.2, 0.25) is 0 Å². The van der Waals surface area contributed by atoms with Crippen molar-refractivity contribution in [2.75, 3.05) is 13.2 Å². The normalized spacial score (nSPS) is 31.5. The highest BCUT2D eigenvalue weighted by Gasteiger charge is 2.35. The summed E-state index contributed by atoms with van der Waals surface area (Å²) in [5.41, 5.74) is 0.233. The van der Waals surface area contributed by atoms with E-state index in [-0.39, 0.29) is 5.54 Å². The summed E-state index contributed by atoms with van der Waals surface area (Å²) in [6.07, 6.45) is 10.3. The van der Waals surface area contributed by atoms with E-state index in [2.05, 4.69) is 26.1 Å². The summed E-state index contributed by atoms with van der Waals surface area (Å²) in [4.78, 5) is 0. The molecule has 1 aliphatic carbocycles. The Kier molecular flexibility index (Phi) is 5.08. The maximum Gasteiger partial charge on any atom is 0.0644 e. The van der Waals surface area contributed by atoms with Crippen LogP contribution in [0.3, 0.4) is 0 Å².